The van der Waals surface area contributed by atoms with Crippen LogP contribution in [-0.2, 0) is 16.1 Å². The van der Waals surface area contributed by atoms with Crippen molar-refractivity contribution >= 4 is 5.97 Å². The van der Waals surface area contributed by atoms with Crippen LogP contribution in [0.15, 0.2) is 18.6 Å². The van der Waals surface area contributed by atoms with Gasteiger partial charge in [-0.15, -0.1) is 5.10 Å². The molecule has 0 N–H and O–H groups in total. The number of rotatable bonds is 4. The van der Waals surface area contributed by atoms with Crippen molar-refractivity contribution in [1.29, 1.82) is 0 Å². The Balaban J connectivity index is 2.45. The molecule has 8 heteroatoms. The molecule has 2 aromatic rings. The molecular formula is C10H11N5O3. The topological polar surface area (TPSA) is 92.0 Å². The third kappa shape index (κ3) is 2.33. The van der Waals surface area contributed by atoms with E-state index in [-0.39, 0.29) is 6.61 Å². The monoisotopic (exact) mass is 249 g/mol. The number of carbonyl (C=O) groups is 1. The van der Waals surface area contributed by atoms with Gasteiger partial charge in [-0.25, -0.2) is 9.78 Å². The average Bonchev–Trinajstić information content (AvgIpc) is 2.92. The van der Waals surface area contributed by atoms with E-state index < -0.39 is 5.97 Å². The molecule has 0 saturated heterocycles. The molecule has 0 aliphatic carbocycles. The van der Waals surface area contributed by atoms with Crippen LogP contribution in [0.5, 0.6) is 0 Å². The minimum absolute atomic E-state index is 0.271. The molecule has 18 heavy (non-hydrogen) atoms. The second-order valence-electron chi connectivity index (χ2n) is 3.38. The Morgan fingerprint density at radius 1 is 1.44 bits per heavy atom. The van der Waals surface area contributed by atoms with Gasteiger partial charge in [0.1, 0.15) is 6.33 Å². The third-order valence-electron chi connectivity index (χ3n) is 2.26. The second-order valence-corrected chi connectivity index (χ2v) is 3.38. The molecule has 94 valence electrons. The largest absolute Gasteiger partial charge is 0.465 e. The summed E-state index contributed by atoms with van der Waals surface area (Å²) in [6, 6.07) is 1.55. The molecule has 0 unspecified atom stereocenters. The van der Waals surface area contributed by atoms with Crippen LogP contribution in [0.3, 0.4) is 0 Å². The highest BCUT2D eigenvalue weighted by Gasteiger charge is 2.14. The summed E-state index contributed by atoms with van der Waals surface area (Å²) in [5.41, 5.74) is 1.01. The van der Waals surface area contributed by atoms with E-state index >= 15 is 0 Å². The highest BCUT2D eigenvalue weighted by Crippen LogP contribution is 2.14. The zero-order valence-electron chi connectivity index (χ0n) is 9.90. The van der Waals surface area contributed by atoms with Gasteiger partial charge in [0.2, 0.25) is 0 Å². The number of hydrogen-bond donors (Lipinski definition) is 0. The van der Waals surface area contributed by atoms with Gasteiger partial charge in [0.05, 0.1) is 19.3 Å². The molecule has 0 aliphatic heterocycles. The van der Waals surface area contributed by atoms with E-state index in [0.29, 0.717) is 16.9 Å². The first-order valence-electron chi connectivity index (χ1n) is 5.05. The molecular weight excluding hydrogens is 238 g/mol. The van der Waals surface area contributed by atoms with Gasteiger partial charge in [0, 0.05) is 18.9 Å². The maximum Gasteiger partial charge on any atom is 0.338 e. The molecule has 0 saturated carbocycles. The lowest BCUT2D eigenvalue weighted by molar-refractivity contribution is 0.0595. The molecule has 8 nitrogen and oxygen atoms in total. The number of pyridine rings is 1. The van der Waals surface area contributed by atoms with E-state index in [2.05, 4.69) is 20.5 Å². The Kier molecular flexibility index (Phi) is 3.58. The molecule has 2 rings (SSSR count). The Labute approximate surface area is 103 Å². The number of methoxy groups -OCH3 is 2. The van der Waals surface area contributed by atoms with Crippen LogP contribution >= 0.6 is 0 Å². The summed E-state index contributed by atoms with van der Waals surface area (Å²) in [5.74, 6) is -0.0287. The Bertz CT molecular complexity index is 540. The highest BCUT2D eigenvalue weighted by atomic mass is 16.5. The molecule has 0 radical (unpaired) electrons. The standard InChI is InChI=1S/C10H11N5O3/c1-17-5-7-4-11-9(15-6-12-13-14-15)3-8(7)10(16)18-2/h3-4,6H,5H2,1-2H3. The number of nitrogens with zero attached hydrogens (tertiary/aromatic N) is 5. The predicted octanol–water partition coefficient (Wildman–Crippen LogP) is -0.00970. The second kappa shape index (κ2) is 5.32. The first-order chi connectivity index (χ1) is 8.76. The van der Waals surface area contributed by atoms with Gasteiger partial charge in [-0.3, -0.25) is 0 Å². The smallest absolute Gasteiger partial charge is 0.338 e. The van der Waals surface area contributed by atoms with Crippen molar-refractivity contribution in [1.82, 2.24) is 25.2 Å². The van der Waals surface area contributed by atoms with Crippen molar-refractivity contribution in [3.8, 4) is 5.82 Å². The summed E-state index contributed by atoms with van der Waals surface area (Å²) in [5, 5.41) is 10.7. The SMILES string of the molecule is COCc1cnc(-n2cnnn2)cc1C(=O)OC. The third-order valence-corrected chi connectivity index (χ3v) is 2.26. The zero-order valence-corrected chi connectivity index (χ0v) is 9.90. The van der Waals surface area contributed by atoms with Gasteiger partial charge in [0.25, 0.3) is 0 Å². The van der Waals surface area contributed by atoms with Crippen molar-refractivity contribution in [2.45, 2.75) is 6.61 Å². The Morgan fingerprint density at radius 2 is 2.28 bits per heavy atom. The van der Waals surface area contributed by atoms with Gasteiger partial charge in [-0.05, 0) is 16.5 Å². The Hall–Kier alpha value is -2.35. The van der Waals surface area contributed by atoms with E-state index in [1.807, 2.05) is 0 Å². The van der Waals surface area contributed by atoms with Crippen LogP contribution in [0.1, 0.15) is 15.9 Å². The minimum atomic E-state index is -0.459. The van der Waals surface area contributed by atoms with E-state index in [9.17, 15) is 4.79 Å². The van der Waals surface area contributed by atoms with Crippen LogP contribution in [0.25, 0.3) is 5.82 Å². The molecule has 0 amide bonds. The van der Waals surface area contributed by atoms with Gasteiger partial charge in [-0.1, -0.05) is 0 Å². The average molecular weight is 249 g/mol. The highest BCUT2D eigenvalue weighted by molar-refractivity contribution is 5.91. The predicted molar refractivity (Wildman–Crippen MR) is 59.0 cm³/mol. The molecule has 0 spiro atoms. The number of ether oxygens (including phenoxy) is 2. The lowest BCUT2D eigenvalue weighted by Gasteiger charge is -2.08. The lowest BCUT2D eigenvalue weighted by Crippen LogP contribution is -2.10. The van der Waals surface area contributed by atoms with Crippen molar-refractivity contribution in [2.75, 3.05) is 14.2 Å². The quantitative estimate of drug-likeness (QED) is 0.703. The van der Waals surface area contributed by atoms with Crippen LogP contribution < -0.4 is 0 Å². The summed E-state index contributed by atoms with van der Waals surface area (Å²) in [6.45, 7) is 0.271. The van der Waals surface area contributed by atoms with E-state index in [1.54, 1.807) is 6.07 Å². The van der Waals surface area contributed by atoms with Crippen LogP contribution in [-0.4, -0.2) is 45.4 Å². The fraction of sp³-hybridized carbons (Fsp3) is 0.300. The van der Waals surface area contributed by atoms with E-state index in [1.165, 1.54) is 31.4 Å². The van der Waals surface area contributed by atoms with Crippen LogP contribution in [0, 0.1) is 0 Å². The first-order valence-corrected chi connectivity index (χ1v) is 5.05. The summed E-state index contributed by atoms with van der Waals surface area (Å²) in [4.78, 5) is 15.8. The Morgan fingerprint density at radius 3 is 2.89 bits per heavy atom. The number of carbonyl (C=O) groups excluding carboxylic acids is 1. The summed E-state index contributed by atoms with van der Waals surface area (Å²) >= 11 is 0. The normalized spacial score (nSPS) is 10.3. The lowest BCUT2D eigenvalue weighted by atomic mass is 10.1. The maximum atomic E-state index is 11.7. The molecule has 0 bridgehead atoms. The molecule has 0 fully saturated rings. The van der Waals surface area contributed by atoms with Crippen LogP contribution in [0.4, 0.5) is 0 Å². The summed E-state index contributed by atoms with van der Waals surface area (Å²) in [6.07, 6.45) is 2.92. The van der Waals surface area contributed by atoms with E-state index in [4.69, 9.17) is 9.47 Å². The maximum absolute atomic E-state index is 11.7. The first kappa shape index (κ1) is 12.1. The van der Waals surface area contributed by atoms with Crippen molar-refractivity contribution in [3.63, 3.8) is 0 Å². The van der Waals surface area contributed by atoms with Crippen molar-refractivity contribution in [3.05, 3.63) is 29.7 Å². The molecule has 2 heterocycles. The molecule has 0 aromatic carbocycles. The molecule has 0 aliphatic rings. The fourth-order valence-corrected chi connectivity index (χ4v) is 1.43. The van der Waals surface area contributed by atoms with E-state index in [0.717, 1.165) is 0 Å². The van der Waals surface area contributed by atoms with Crippen molar-refractivity contribution < 1.29 is 14.3 Å². The summed E-state index contributed by atoms with van der Waals surface area (Å²) < 4.78 is 11.1. The molecule has 0 atom stereocenters. The fourth-order valence-electron chi connectivity index (χ4n) is 1.43. The van der Waals surface area contributed by atoms with Gasteiger partial charge in [0.15, 0.2) is 5.82 Å². The molecule has 2 aromatic heterocycles. The minimum Gasteiger partial charge on any atom is -0.465 e. The number of aromatic nitrogens is 5. The number of tetrazole rings is 1. The van der Waals surface area contributed by atoms with Gasteiger partial charge in [-0.2, -0.15) is 4.68 Å². The zero-order chi connectivity index (χ0) is 13.0. The number of hydrogen-bond acceptors (Lipinski definition) is 7. The van der Waals surface area contributed by atoms with Crippen LogP contribution in [0.2, 0.25) is 0 Å². The van der Waals surface area contributed by atoms with Crippen molar-refractivity contribution in [2.24, 2.45) is 0 Å². The number of esters is 1. The summed E-state index contributed by atoms with van der Waals surface area (Å²) in [7, 11) is 2.85. The van der Waals surface area contributed by atoms with Gasteiger partial charge >= 0.3 is 5.97 Å². The van der Waals surface area contributed by atoms with Gasteiger partial charge < -0.3 is 9.47 Å².